The van der Waals surface area contributed by atoms with Gasteiger partial charge in [-0.25, -0.2) is 0 Å². The van der Waals surface area contributed by atoms with E-state index in [9.17, 15) is 9.59 Å². The van der Waals surface area contributed by atoms with Gasteiger partial charge in [-0.15, -0.1) is 0 Å². The fraction of sp³-hybridized carbons (Fsp3) is 0.222. The maximum atomic E-state index is 10.9. The van der Waals surface area contributed by atoms with E-state index in [1.54, 1.807) is 12.1 Å². The molecule has 4 heteroatoms. The summed E-state index contributed by atoms with van der Waals surface area (Å²) in [6, 6.07) is 15.4. The highest BCUT2D eigenvalue weighted by Gasteiger charge is 2.02. The molecule has 0 saturated heterocycles. The number of benzene rings is 2. The third-order valence-electron chi connectivity index (χ3n) is 3.26. The first-order valence-electron chi connectivity index (χ1n) is 7.14. The second kappa shape index (κ2) is 7.41. The van der Waals surface area contributed by atoms with Gasteiger partial charge in [0.05, 0.1) is 0 Å². The van der Waals surface area contributed by atoms with E-state index in [0.717, 1.165) is 23.1 Å². The summed E-state index contributed by atoms with van der Waals surface area (Å²) in [6.07, 6.45) is 1.60. The van der Waals surface area contributed by atoms with Crippen molar-refractivity contribution in [1.82, 2.24) is 0 Å². The number of aliphatic carboxylic acids is 1. The monoisotopic (exact) mass is 298 g/mol. The summed E-state index contributed by atoms with van der Waals surface area (Å²) in [5.74, 6) is -0.565. The summed E-state index contributed by atoms with van der Waals surface area (Å²) < 4.78 is 5.00. The molecule has 2 aromatic carbocycles. The molecule has 0 radical (unpaired) electrons. The van der Waals surface area contributed by atoms with Crippen molar-refractivity contribution in [3.8, 4) is 16.9 Å². The molecule has 4 nitrogen and oxygen atoms in total. The van der Waals surface area contributed by atoms with Crippen LogP contribution in [0.2, 0.25) is 0 Å². The van der Waals surface area contributed by atoms with Gasteiger partial charge in [-0.3, -0.25) is 9.59 Å². The molecule has 22 heavy (non-hydrogen) atoms. The van der Waals surface area contributed by atoms with Crippen LogP contribution < -0.4 is 4.74 Å². The van der Waals surface area contributed by atoms with Crippen molar-refractivity contribution in [2.45, 2.75) is 26.2 Å². The number of ether oxygens (including phenoxy) is 1. The Morgan fingerprint density at radius 2 is 1.50 bits per heavy atom. The molecular formula is C18H18O4. The van der Waals surface area contributed by atoms with Crippen LogP contribution in [0.15, 0.2) is 48.5 Å². The van der Waals surface area contributed by atoms with E-state index in [1.807, 2.05) is 36.4 Å². The molecular weight excluding hydrogens is 280 g/mol. The number of carboxylic acid groups (broad SMARTS) is 1. The van der Waals surface area contributed by atoms with Crippen LogP contribution in [-0.4, -0.2) is 17.0 Å². The normalized spacial score (nSPS) is 10.2. The first-order valence-corrected chi connectivity index (χ1v) is 7.14. The predicted octanol–water partition coefficient (Wildman–Crippen LogP) is 3.69. The molecule has 0 unspecified atom stereocenters. The van der Waals surface area contributed by atoms with Crippen LogP contribution in [0, 0.1) is 0 Å². The molecule has 0 saturated carbocycles. The van der Waals surface area contributed by atoms with E-state index in [2.05, 4.69) is 0 Å². The number of esters is 1. The molecule has 0 aromatic heterocycles. The van der Waals surface area contributed by atoms with Gasteiger partial charge in [-0.05, 0) is 41.7 Å². The Kier molecular flexibility index (Phi) is 5.31. The van der Waals surface area contributed by atoms with E-state index < -0.39 is 5.97 Å². The topological polar surface area (TPSA) is 63.6 Å². The lowest BCUT2D eigenvalue weighted by Crippen LogP contribution is -2.00. The van der Waals surface area contributed by atoms with Crippen LogP contribution in [0.25, 0.3) is 11.1 Å². The number of carbonyl (C=O) groups excluding carboxylic acids is 1. The summed E-state index contributed by atoms with van der Waals surface area (Å²) in [7, 11) is 0. The molecule has 0 spiro atoms. The molecule has 0 aliphatic heterocycles. The fourth-order valence-corrected chi connectivity index (χ4v) is 2.19. The molecule has 0 heterocycles. The van der Waals surface area contributed by atoms with Crippen molar-refractivity contribution in [3.63, 3.8) is 0 Å². The van der Waals surface area contributed by atoms with Crippen molar-refractivity contribution in [2.75, 3.05) is 0 Å². The molecule has 0 aliphatic rings. The zero-order valence-electron chi connectivity index (χ0n) is 12.4. The van der Waals surface area contributed by atoms with Crippen LogP contribution in [0.1, 0.15) is 25.3 Å². The Morgan fingerprint density at radius 3 is 2.00 bits per heavy atom. The van der Waals surface area contributed by atoms with Crippen LogP contribution in [0.4, 0.5) is 0 Å². The Balaban J connectivity index is 2.00. The van der Waals surface area contributed by atoms with Gasteiger partial charge < -0.3 is 9.84 Å². The predicted molar refractivity (Wildman–Crippen MR) is 83.8 cm³/mol. The molecule has 2 rings (SSSR count). The number of hydrogen-bond donors (Lipinski definition) is 1. The minimum Gasteiger partial charge on any atom is -0.481 e. The van der Waals surface area contributed by atoms with E-state index >= 15 is 0 Å². The summed E-state index contributed by atoms with van der Waals surface area (Å²) in [4.78, 5) is 21.4. The zero-order valence-corrected chi connectivity index (χ0v) is 12.4. The molecule has 2 aromatic rings. The molecule has 0 fully saturated rings. The maximum absolute atomic E-state index is 10.9. The van der Waals surface area contributed by atoms with Gasteiger partial charge >= 0.3 is 11.9 Å². The van der Waals surface area contributed by atoms with Crippen LogP contribution >= 0.6 is 0 Å². The van der Waals surface area contributed by atoms with Gasteiger partial charge in [-0.2, -0.15) is 0 Å². The minimum atomic E-state index is -0.760. The summed E-state index contributed by atoms with van der Waals surface area (Å²) in [5.41, 5.74) is 3.23. The first-order chi connectivity index (χ1) is 10.5. The van der Waals surface area contributed by atoms with Crippen LogP contribution in [0.3, 0.4) is 0 Å². The van der Waals surface area contributed by atoms with Gasteiger partial charge in [0.1, 0.15) is 5.75 Å². The molecule has 0 bridgehead atoms. The Morgan fingerprint density at radius 1 is 0.955 bits per heavy atom. The van der Waals surface area contributed by atoms with Crippen molar-refractivity contribution in [2.24, 2.45) is 0 Å². The van der Waals surface area contributed by atoms with Gasteiger partial charge in [0.2, 0.25) is 0 Å². The highest BCUT2D eigenvalue weighted by molar-refractivity contribution is 5.70. The number of rotatable bonds is 6. The van der Waals surface area contributed by atoms with Gasteiger partial charge in [0.25, 0.3) is 0 Å². The molecule has 0 atom stereocenters. The second-order valence-electron chi connectivity index (χ2n) is 5.06. The van der Waals surface area contributed by atoms with E-state index in [1.165, 1.54) is 6.92 Å². The average Bonchev–Trinajstić information content (AvgIpc) is 2.48. The Labute approximate surface area is 129 Å². The fourth-order valence-electron chi connectivity index (χ4n) is 2.19. The molecule has 0 amide bonds. The van der Waals surface area contributed by atoms with Crippen molar-refractivity contribution in [3.05, 3.63) is 54.1 Å². The quantitative estimate of drug-likeness (QED) is 0.652. The second-order valence-corrected chi connectivity index (χ2v) is 5.06. The van der Waals surface area contributed by atoms with Crippen LogP contribution in [0.5, 0.6) is 5.75 Å². The van der Waals surface area contributed by atoms with Gasteiger partial charge in [0, 0.05) is 13.3 Å². The highest BCUT2D eigenvalue weighted by Crippen LogP contribution is 2.23. The maximum Gasteiger partial charge on any atom is 0.308 e. The van der Waals surface area contributed by atoms with Crippen molar-refractivity contribution < 1.29 is 19.4 Å². The number of aryl methyl sites for hydroxylation is 1. The SMILES string of the molecule is CC(=O)Oc1ccc(-c2ccc(CCCC(=O)O)cc2)cc1. The summed E-state index contributed by atoms with van der Waals surface area (Å²) in [6.45, 7) is 1.37. The van der Waals surface area contributed by atoms with E-state index in [4.69, 9.17) is 9.84 Å². The number of carboxylic acids is 1. The van der Waals surface area contributed by atoms with Crippen molar-refractivity contribution >= 4 is 11.9 Å². The van der Waals surface area contributed by atoms with Crippen molar-refractivity contribution in [1.29, 1.82) is 0 Å². The summed E-state index contributed by atoms with van der Waals surface area (Å²) >= 11 is 0. The number of carbonyl (C=O) groups is 2. The highest BCUT2D eigenvalue weighted by atomic mass is 16.5. The molecule has 1 N–H and O–H groups in total. The van der Waals surface area contributed by atoms with Crippen LogP contribution in [-0.2, 0) is 16.0 Å². The van der Waals surface area contributed by atoms with Gasteiger partial charge in [0.15, 0.2) is 0 Å². The molecule has 114 valence electrons. The Bertz CT molecular complexity index is 642. The lowest BCUT2D eigenvalue weighted by molar-refractivity contribution is -0.137. The molecule has 0 aliphatic carbocycles. The first kappa shape index (κ1) is 15.8. The minimum absolute atomic E-state index is 0.194. The van der Waals surface area contributed by atoms with E-state index in [-0.39, 0.29) is 12.4 Å². The lowest BCUT2D eigenvalue weighted by Gasteiger charge is -2.06. The lowest BCUT2D eigenvalue weighted by atomic mass is 10.0. The zero-order chi connectivity index (χ0) is 15.9. The average molecular weight is 298 g/mol. The standard InChI is InChI=1S/C18H18O4/c1-13(19)22-17-11-9-16(10-12-17)15-7-5-14(6-8-15)3-2-4-18(20)21/h5-12H,2-4H2,1H3,(H,20,21). The third-order valence-corrected chi connectivity index (χ3v) is 3.26. The Hall–Kier alpha value is -2.62. The third kappa shape index (κ3) is 4.74. The van der Waals surface area contributed by atoms with Gasteiger partial charge in [-0.1, -0.05) is 36.4 Å². The smallest absolute Gasteiger partial charge is 0.308 e. The number of hydrogen-bond acceptors (Lipinski definition) is 3. The largest absolute Gasteiger partial charge is 0.481 e. The summed E-state index contributed by atoms with van der Waals surface area (Å²) in [5, 5.41) is 8.63. The van der Waals surface area contributed by atoms with E-state index in [0.29, 0.717) is 12.2 Å².